The lowest BCUT2D eigenvalue weighted by Crippen LogP contribution is -2.02. The quantitative estimate of drug-likeness (QED) is 0.614. The van der Waals surface area contributed by atoms with Gasteiger partial charge in [0.25, 0.3) is 0 Å². The van der Waals surface area contributed by atoms with E-state index in [2.05, 4.69) is 86.8 Å². The maximum atomic E-state index is 11.6. The molecular weight excluding hydrogens is 368 g/mol. The molecule has 1 aromatic carbocycles. The van der Waals surface area contributed by atoms with Crippen LogP contribution in [-0.2, 0) is 10.1 Å². The Morgan fingerprint density at radius 1 is 0.821 bits per heavy atom. The lowest BCUT2D eigenvalue weighted by atomic mass is 10.1. The van der Waals surface area contributed by atoms with Gasteiger partial charge in [0.15, 0.2) is 4.91 Å². The zero-order valence-electron chi connectivity index (χ0n) is 15.1. The van der Waals surface area contributed by atoms with Crippen LogP contribution in [0.3, 0.4) is 0 Å². The molecule has 1 N–H and O–H groups in total. The zero-order chi connectivity index (χ0) is 20.8. The molecule has 0 amide bonds. The lowest BCUT2D eigenvalue weighted by Gasteiger charge is -2.06. The molecule has 0 heterocycles. The van der Waals surface area contributed by atoms with Crippen LogP contribution in [0.5, 0.6) is 0 Å². The Morgan fingerprint density at radius 3 is 1.75 bits per heavy atom. The third kappa shape index (κ3) is 8.25. The van der Waals surface area contributed by atoms with E-state index in [-0.39, 0.29) is 0 Å². The monoisotopic (exact) mass is 380 g/mol. The molecule has 132 valence electrons. The predicted molar refractivity (Wildman–Crippen MR) is 106 cm³/mol. The van der Waals surface area contributed by atoms with Crippen molar-refractivity contribution in [1.82, 2.24) is 0 Å². The van der Waals surface area contributed by atoms with Crippen molar-refractivity contribution in [2.45, 2.75) is 13.8 Å². The van der Waals surface area contributed by atoms with Crippen LogP contribution in [0.15, 0.2) is 105 Å². The standard InChI is InChI=1S/C24H12O3S/c1-4-5-6-7-8-9-10-11-12-13-14-15-16-17-24(28(25,26)27)23-20-21(2)18-19-22(23)3/h18-20H,1H2,2-3H3,(H,25,26,27). The molecule has 0 spiro atoms. The molecule has 0 atom stereocenters. The molecule has 0 bridgehead atoms. The molecule has 1 rings (SSSR count). The molecule has 0 saturated carbocycles. The first kappa shape index (κ1) is 21.8. The van der Waals surface area contributed by atoms with Gasteiger partial charge in [-0.25, -0.2) is 0 Å². The zero-order valence-corrected chi connectivity index (χ0v) is 15.9. The topological polar surface area (TPSA) is 54.4 Å². The fourth-order valence-electron chi connectivity index (χ4n) is 1.70. The fraction of sp³-hybridized carbons (Fsp3) is 0.0833. The van der Waals surface area contributed by atoms with Gasteiger partial charge in [-0.1, -0.05) is 23.4 Å². The van der Waals surface area contributed by atoms with Crippen molar-refractivity contribution in [1.29, 1.82) is 0 Å². The van der Waals surface area contributed by atoms with Gasteiger partial charge in [0.05, 0.1) is 0 Å². The Balaban J connectivity index is 3.64. The molecule has 0 unspecified atom stereocenters. The summed E-state index contributed by atoms with van der Waals surface area (Å²) in [5.41, 5.74) is 35.7. The Bertz CT molecular complexity index is 1450. The molecular formula is C24H12O3S. The lowest BCUT2D eigenvalue weighted by molar-refractivity contribution is 0.496. The van der Waals surface area contributed by atoms with Crippen molar-refractivity contribution >= 4 is 15.0 Å². The minimum Gasteiger partial charge on any atom is -0.281 e. The van der Waals surface area contributed by atoms with Crippen molar-refractivity contribution in [2.24, 2.45) is 0 Å². The minimum atomic E-state index is -4.49. The van der Waals surface area contributed by atoms with E-state index in [1.165, 1.54) is 0 Å². The molecule has 4 heteroatoms. The highest BCUT2D eigenvalue weighted by Gasteiger charge is 2.18. The van der Waals surface area contributed by atoms with Crippen molar-refractivity contribution in [3.05, 3.63) is 122 Å². The normalized spacial score (nSPS) is 7.68. The molecule has 0 aliphatic heterocycles. The molecule has 0 fully saturated rings. The first-order valence-corrected chi connectivity index (χ1v) is 9.00. The van der Waals surface area contributed by atoms with Gasteiger partial charge in [0, 0.05) is 5.56 Å². The number of hydrogen-bond acceptors (Lipinski definition) is 2. The van der Waals surface area contributed by atoms with Gasteiger partial charge in [0.2, 0.25) is 0 Å². The fourth-order valence-corrected chi connectivity index (χ4v) is 2.37. The van der Waals surface area contributed by atoms with Crippen LogP contribution in [0.2, 0.25) is 0 Å². The maximum Gasteiger partial charge on any atom is 0.303 e. The molecule has 0 radical (unpaired) electrons. The molecule has 0 aromatic heterocycles. The Labute approximate surface area is 163 Å². The summed E-state index contributed by atoms with van der Waals surface area (Å²) < 4.78 is 32.7. The molecule has 0 saturated heterocycles. The van der Waals surface area contributed by atoms with Crippen LogP contribution >= 0.6 is 0 Å². The van der Waals surface area contributed by atoms with E-state index >= 15 is 0 Å². The number of hydrogen-bond donors (Lipinski definition) is 1. The second-order valence-electron chi connectivity index (χ2n) is 4.92. The number of aryl methyl sites for hydroxylation is 2. The summed E-state index contributed by atoms with van der Waals surface area (Å²) in [5, 5.41) is 0. The molecule has 1 aromatic rings. The van der Waals surface area contributed by atoms with Crippen LogP contribution in [0.1, 0.15) is 16.7 Å². The highest BCUT2D eigenvalue weighted by molar-refractivity contribution is 7.95. The van der Waals surface area contributed by atoms with Crippen molar-refractivity contribution in [3.8, 4) is 0 Å². The highest BCUT2D eigenvalue weighted by Crippen LogP contribution is 2.23. The summed E-state index contributed by atoms with van der Waals surface area (Å²) in [6.45, 7) is 6.82. The van der Waals surface area contributed by atoms with Crippen LogP contribution in [-0.4, -0.2) is 13.0 Å². The van der Waals surface area contributed by atoms with E-state index in [4.69, 9.17) is 0 Å². The smallest absolute Gasteiger partial charge is 0.281 e. The van der Waals surface area contributed by atoms with Crippen LogP contribution in [0.25, 0.3) is 4.91 Å². The molecule has 0 aliphatic rings. The average molecular weight is 380 g/mol. The predicted octanol–water partition coefficient (Wildman–Crippen LogP) is 4.33. The maximum absolute atomic E-state index is 11.6. The van der Waals surface area contributed by atoms with Crippen molar-refractivity contribution in [3.63, 3.8) is 0 Å². The van der Waals surface area contributed by atoms with E-state index in [1.54, 1.807) is 19.1 Å². The molecule has 28 heavy (non-hydrogen) atoms. The number of benzene rings is 1. The average Bonchev–Trinajstić information content (AvgIpc) is 2.63. The molecule has 3 nitrogen and oxygen atoms in total. The SMILES string of the molecule is C=C=C=C=C=C=C=C=C=C=C=C=C=C=C=C(c1cc(C)ccc1C)S(=O)(=O)O. The van der Waals surface area contributed by atoms with E-state index in [0.29, 0.717) is 11.1 Å². The number of rotatable bonds is 2. The van der Waals surface area contributed by atoms with Gasteiger partial charge >= 0.3 is 10.1 Å². The van der Waals surface area contributed by atoms with E-state index in [0.717, 1.165) is 5.56 Å². The van der Waals surface area contributed by atoms with Crippen LogP contribution < -0.4 is 0 Å². The summed E-state index contributed by atoms with van der Waals surface area (Å²) in [4.78, 5) is -0.407. The van der Waals surface area contributed by atoms with E-state index in [1.807, 2.05) is 13.0 Å². The summed E-state index contributed by atoms with van der Waals surface area (Å²) in [6, 6.07) is 5.21. The van der Waals surface area contributed by atoms with Gasteiger partial charge in [-0.15, -0.1) is 0 Å². The van der Waals surface area contributed by atoms with Gasteiger partial charge in [-0.05, 0) is 107 Å². The first-order chi connectivity index (χ1) is 13.4. The summed E-state index contributed by atoms with van der Waals surface area (Å²) >= 11 is 0. The van der Waals surface area contributed by atoms with Crippen LogP contribution in [0, 0.1) is 13.8 Å². The third-order valence-corrected chi connectivity index (χ3v) is 3.69. The molecule has 0 aliphatic carbocycles. The summed E-state index contributed by atoms with van der Waals surface area (Å²) in [7, 11) is -4.49. The Hall–Kier alpha value is -4.21. The summed E-state index contributed by atoms with van der Waals surface area (Å²) in [6.07, 6.45) is 0. The van der Waals surface area contributed by atoms with E-state index in [9.17, 15) is 13.0 Å². The van der Waals surface area contributed by atoms with E-state index < -0.39 is 15.0 Å². The Kier molecular flexibility index (Phi) is 8.90. The van der Waals surface area contributed by atoms with Gasteiger partial charge in [0.1, 0.15) is 0 Å². The first-order valence-electron chi connectivity index (χ1n) is 7.56. The second-order valence-corrected chi connectivity index (χ2v) is 6.28. The largest absolute Gasteiger partial charge is 0.303 e. The van der Waals surface area contributed by atoms with Gasteiger partial charge < -0.3 is 0 Å². The second kappa shape index (κ2) is 11.4. The highest BCUT2D eigenvalue weighted by atomic mass is 32.2. The summed E-state index contributed by atoms with van der Waals surface area (Å²) in [5.74, 6) is 0. The third-order valence-electron chi connectivity index (χ3n) is 2.85. The van der Waals surface area contributed by atoms with Gasteiger partial charge in [-0.2, -0.15) is 8.42 Å². The Morgan fingerprint density at radius 2 is 1.29 bits per heavy atom. The van der Waals surface area contributed by atoms with Gasteiger partial charge in [-0.3, -0.25) is 4.55 Å². The van der Waals surface area contributed by atoms with Crippen molar-refractivity contribution < 1.29 is 13.0 Å². The van der Waals surface area contributed by atoms with Crippen molar-refractivity contribution in [2.75, 3.05) is 0 Å². The van der Waals surface area contributed by atoms with Crippen LogP contribution in [0.4, 0.5) is 0 Å². The minimum absolute atomic E-state index is 0.330.